The van der Waals surface area contributed by atoms with Crippen molar-refractivity contribution in [1.82, 2.24) is 5.32 Å². The second kappa shape index (κ2) is 7.74. The minimum atomic E-state index is -4.41. The maximum Gasteiger partial charge on any atom is 0.416 e. The van der Waals surface area contributed by atoms with Gasteiger partial charge in [-0.25, -0.2) is 0 Å². The van der Waals surface area contributed by atoms with E-state index in [-0.39, 0.29) is 23.8 Å². The van der Waals surface area contributed by atoms with Gasteiger partial charge in [0.2, 0.25) is 5.91 Å². The fraction of sp³-hybridized carbons (Fsp3) is 0.167. The number of benzene rings is 2. The number of hydrogen-bond donors (Lipinski definition) is 2. The number of ether oxygens (including phenoxy) is 1. The highest BCUT2D eigenvalue weighted by Gasteiger charge is 2.30. The molecule has 0 heterocycles. The molecular weight excluding hydrogens is 335 g/mol. The van der Waals surface area contributed by atoms with E-state index in [4.69, 9.17) is 4.74 Å². The number of carbonyl (C=O) groups is 1. The lowest BCUT2D eigenvalue weighted by atomic mass is 10.1. The van der Waals surface area contributed by atoms with E-state index in [0.29, 0.717) is 11.1 Å². The lowest BCUT2D eigenvalue weighted by Gasteiger charge is -2.07. The summed E-state index contributed by atoms with van der Waals surface area (Å²) in [6, 6.07) is 9.30. The molecule has 0 aliphatic heterocycles. The summed E-state index contributed by atoms with van der Waals surface area (Å²) in [6.45, 7) is 0. The molecule has 0 aliphatic carbocycles. The van der Waals surface area contributed by atoms with Gasteiger partial charge in [0.1, 0.15) is 0 Å². The molecule has 7 heteroatoms. The summed E-state index contributed by atoms with van der Waals surface area (Å²) >= 11 is 0. The molecule has 0 radical (unpaired) electrons. The van der Waals surface area contributed by atoms with Crippen molar-refractivity contribution < 1.29 is 27.8 Å². The molecule has 0 unspecified atom stereocenters. The van der Waals surface area contributed by atoms with E-state index in [1.807, 2.05) is 0 Å². The summed E-state index contributed by atoms with van der Waals surface area (Å²) in [6.07, 6.45) is -1.71. The molecule has 132 valence electrons. The van der Waals surface area contributed by atoms with E-state index < -0.39 is 11.7 Å². The zero-order valence-corrected chi connectivity index (χ0v) is 13.3. The van der Waals surface area contributed by atoms with Gasteiger partial charge in [0.15, 0.2) is 11.5 Å². The number of rotatable bonds is 5. The first-order valence-corrected chi connectivity index (χ1v) is 7.28. The van der Waals surface area contributed by atoms with E-state index in [9.17, 15) is 23.1 Å². The van der Waals surface area contributed by atoms with Crippen molar-refractivity contribution in [3.8, 4) is 11.5 Å². The first-order valence-electron chi connectivity index (χ1n) is 7.28. The molecule has 25 heavy (non-hydrogen) atoms. The minimum Gasteiger partial charge on any atom is -0.504 e. The van der Waals surface area contributed by atoms with Crippen LogP contribution in [0.1, 0.15) is 16.7 Å². The van der Waals surface area contributed by atoms with Crippen LogP contribution >= 0.6 is 0 Å². The van der Waals surface area contributed by atoms with Gasteiger partial charge < -0.3 is 15.2 Å². The van der Waals surface area contributed by atoms with Gasteiger partial charge in [0, 0.05) is 6.20 Å². The van der Waals surface area contributed by atoms with Crippen molar-refractivity contribution in [2.75, 3.05) is 7.11 Å². The van der Waals surface area contributed by atoms with E-state index in [2.05, 4.69) is 5.32 Å². The Morgan fingerprint density at radius 1 is 1.24 bits per heavy atom. The number of phenolic OH excluding ortho intramolecular Hbond substituents is 1. The van der Waals surface area contributed by atoms with E-state index in [0.717, 1.165) is 12.1 Å². The zero-order valence-electron chi connectivity index (χ0n) is 13.3. The van der Waals surface area contributed by atoms with Gasteiger partial charge in [-0.05, 0) is 41.5 Å². The summed E-state index contributed by atoms with van der Waals surface area (Å²) in [5, 5.41) is 12.0. The Kier molecular flexibility index (Phi) is 5.69. The van der Waals surface area contributed by atoms with Crippen molar-refractivity contribution in [2.24, 2.45) is 0 Å². The number of halogens is 3. The summed E-state index contributed by atoms with van der Waals surface area (Å²) in [4.78, 5) is 11.9. The molecule has 0 aliphatic rings. The first-order chi connectivity index (χ1) is 11.8. The number of methoxy groups -OCH3 is 1. The Bertz CT molecular complexity index is 785. The average Bonchev–Trinajstić information content (AvgIpc) is 2.56. The molecule has 1 amide bonds. The number of carbonyl (C=O) groups excluding carboxylic acids is 1. The van der Waals surface area contributed by atoms with Crippen molar-refractivity contribution in [2.45, 2.75) is 12.6 Å². The van der Waals surface area contributed by atoms with E-state index in [1.165, 1.54) is 43.7 Å². The number of nitrogens with one attached hydrogen (secondary N) is 1. The van der Waals surface area contributed by atoms with Gasteiger partial charge in [-0.15, -0.1) is 0 Å². The van der Waals surface area contributed by atoms with E-state index in [1.54, 1.807) is 6.07 Å². The summed E-state index contributed by atoms with van der Waals surface area (Å²) < 4.78 is 42.8. The lowest BCUT2D eigenvalue weighted by Crippen LogP contribution is -2.19. The molecule has 2 rings (SSSR count). The number of phenols is 1. The van der Waals surface area contributed by atoms with Gasteiger partial charge in [0.25, 0.3) is 0 Å². The number of amides is 1. The predicted octanol–water partition coefficient (Wildman–Crippen LogP) is 3.75. The molecule has 0 bridgehead atoms. The van der Waals surface area contributed by atoms with Crippen LogP contribution in [0.15, 0.2) is 48.7 Å². The van der Waals surface area contributed by atoms with E-state index >= 15 is 0 Å². The Balaban J connectivity index is 1.97. The third kappa shape index (κ3) is 5.27. The van der Waals surface area contributed by atoms with Crippen molar-refractivity contribution >= 4 is 12.0 Å². The van der Waals surface area contributed by atoms with Crippen LogP contribution in [-0.4, -0.2) is 18.1 Å². The molecule has 0 saturated carbocycles. The minimum absolute atomic E-state index is 0.0313. The summed E-state index contributed by atoms with van der Waals surface area (Å²) in [5.41, 5.74) is 0.193. The van der Waals surface area contributed by atoms with Gasteiger partial charge in [-0.3, -0.25) is 4.79 Å². The molecule has 0 aromatic heterocycles. The van der Waals surface area contributed by atoms with Crippen molar-refractivity contribution in [3.05, 3.63) is 65.4 Å². The van der Waals surface area contributed by atoms with Crippen LogP contribution < -0.4 is 10.1 Å². The smallest absolute Gasteiger partial charge is 0.416 e. The number of alkyl halides is 3. The summed E-state index contributed by atoms with van der Waals surface area (Å²) in [5.74, 6) is -0.128. The van der Waals surface area contributed by atoms with Crippen LogP contribution in [0, 0.1) is 0 Å². The quantitative estimate of drug-likeness (QED) is 0.863. The molecule has 4 nitrogen and oxygen atoms in total. The SMILES string of the molecule is COc1cc(CC(=O)N/C=C/c2cccc(C(F)(F)F)c2)ccc1O. The summed E-state index contributed by atoms with van der Waals surface area (Å²) in [7, 11) is 1.40. The largest absolute Gasteiger partial charge is 0.504 e. The fourth-order valence-corrected chi connectivity index (χ4v) is 2.12. The second-order valence-corrected chi connectivity index (χ2v) is 5.21. The predicted molar refractivity (Wildman–Crippen MR) is 87.0 cm³/mol. The van der Waals surface area contributed by atoms with Gasteiger partial charge in [-0.1, -0.05) is 18.2 Å². The number of aromatic hydroxyl groups is 1. The Morgan fingerprint density at radius 3 is 2.68 bits per heavy atom. The Morgan fingerprint density at radius 2 is 2.00 bits per heavy atom. The third-order valence-electron chi connectivity index (χ3n) is 3.34. The van der Waals surface area contributed by atoms with Crippen LogP contribution in [0.5, 0.6) is 11.5 Å². The normalized spacial score (nSPS) is 11.5. The molecule has 2 aromatic rings. The lowest BCUT2D eigenvalue weighted by molar-refractivity contribution is -0.137. The topological polar surface area (TPSA) is 58.6 Å². The average molecular weight is 351 g/mol. The third-order valence-corrected chi connectivity index (χ3v) is 3.34. The molecular formula is C18H16F3NO3. The Hall–Kier alpha value is -2.96. The highest BCUT2D eigenvalue weighted by molar-refractivity contribution is 5.80. The van der Waals surface area contributed by atoms with Crippen LogP contribution in [0.3, 0.4) is 0 Å². The van der Waals surface area contributed by atoms with Crippen molar-refractivity contribution in [1.29, 1.82) is 0 Å². The Labute approximate surface area is 142 Å². The highest BCUT2D eigenvalue weighted by atomic mass is 19.4. The fourth-order valence-electron chi connectivity index (χ4n) is 2.12. The second-order valence-electron chi connectivity index (χ2n) is 5.21. The maximum absolute atomic E-state index is 12.6. The van der Waals surface area contributed by atoms with Gasteiger partial charge in [0.05, 0.1) is 19.1 Å². The molecule has 0 saturated heterocycles. The molecule has 2 aromatic carbocycles. The first kappa shape index (κ1) is 18.4. The van der Waals surface area contributed by atoms with Gasteiger partial charge >= 0.3 is 6.18 Å². The standard InChI is InChI=1S/C18H16F3NO3/c1-25-16-10-13(5-6-15(16)23)11-17(24)22-8-7-12-3-2-4-14(9-12)18(19,20)21/h2-10,23H,11H2,1H3,(H,22,24)/b8-7+. The monoisotopic (exact) mass is 351 g/mol. The zero-order chi connectivity index (χ0) is 18.4. The molecule has 0 atom stereocenters. The van der Waals surface area contributed by atoms with Crippen molar-refractivity contribution in [3.63, 3.8) is 0 Å². The molecule has 2 N–H and O–H groups in total. The number of hydrogen-bond acceptors (Lipinski definition) is 3. The highest BCUT2D eigenvalue weighted by Crippen LogP contribution is 2.29. The molecule has 0 fully saturated rings. The van der Waals surface area contributed by atoms with Crippen LogP contribution in [0.4, 0.5) is 13.2 Å². The molecule has 0 spiro atoms. The maximum atomic E-state index is 12.6. The van der Waals surface area contributed by atoms with Gasteiger partial charge in [-0.2, -0.15) is 13.2 Å². The van der Waals surface area contributed by atoms with Crippen LogP contribution in [-0.2, 0) is 17.4 Å². The van der Waals surface area contributed by atoms with Crippen LogP contribution in [0.2, 0.25) is 0 Å². The van der Waals surface area contributed by atoms with Crippen LogP contribution in [0.25, 0.3) is 6.08 Å².